The zero-order valence-electron chi connectivity index (χ0n) is 12.9. The monoisotopic (exact) mass is 311 g/mol. The van der Waals surface area contributed by atoms with Gasteiger partial charge in [-0.25, -0.2) is 4.79 Å². The molecule has 21 heavy (non-hydrogen) atoms. The molecule has 4 nitrogen and oxygen atoms in total. The molecule has 0 radical (unpaired) electrons. The number of hydrogen-bond donors (Lipinski definition) is 1. The van der Waals surface area contributed by atoms with Crippen molar-refractivity contribution in [3.63, 3.8) is 0 Å². The Morgan fingerprint density at radius 2 is 1.90 bits per heavy atom. The molecular weight excluding hydrogens is 290 g/mol. The zero-order valence-corrected chi connectivity index (χ0v) is 13.7. The quantitative estimate of drug-likeness (QED) is 0.895. The first-order chi connectivity index (χ1) is 9.75. The SMILES string of the molecule is CCC(=O)C(NC(=O)OCc1ccccc1Cl)C(C)(C)C. The van der Waals surface area contributed by atoms with Crippen LogP contribution in [0.15, 0.2) is 24.3 Å². The number of ketones is 1. The highest BCUT2D eigenvalue weighted by atomic mass is 35.5. The Labute approximate surface area is 130 Å². The summed E-state index contributed by atoms with van der Waals surface area (Å²) in [6.07, 6.45) is -0.246. The molecular formula is C16H22ClNO3. The van der Waals surface area contributed by atoms with Crippen LogP contribution in [0.3, 0.4) is 0 Å². The third kappa shape index (κ3) is 5.38. The van der Waals surface area contributed by atoms with E-state index in [-0.39, 0.29) is 17.8 Å². The molecule has 1 N–H and O–H groups in total. The number of rotatable bonds is 5. The molecule has 0 aliphatic carbocycles. The Balaban J connectivity index is 2.63. The molecule has 1 atom stereocenters. The maximum atomic E-state index is 11.9. The van der Waals surface area contributed by atoms with E-state index < -0.39 is 12.1 Å². The summed E-state index contributed by atoms with van der Waals surface area (Å²) in [5.41, 5.74) is 0.361. The molecule has 0 aliphatic rings. The van der Waals surface area contributed by atoms with Gasteiger partial charge in [-0.1, -0.05) is 57.5 Å². The number of carbonyl (C=O) groups is 2. The van der Waals surface area contributed by atoms with E-state index in [0.29, 0.717) is 11.4 Å². The fourth-order valence-corrected chi connectivity index (χ4v) is 2.09. The van der Waals surface area contributed by atoms with Gasteiger partial charge in [0.1, 0.15) is 6.61 Å². The van der Waals surface area contributed by atoms with Crippen LogP contribution in [-0.4, -0.2) is 17.9 Å². The second-order valence-corrected chi connectivity index (χ2v) is 6.34. The molecule has 1 amide bonds. The summed E-state index contributed by atoms with van der Waals surface area (Å²) >= 11 is 5.99. The topological polar surface area (TPSA) is 55.4 Å². The highest BCUT2D eigenvalue weighted by molar-refractivity contribution is 6.31. The minimum atomic E-state index is -0.614. The molecule has 0 aromatic heterocycles. The van der Waals surface area contributed by atoms with Crippen LogP contribution in [0, 0.1) is 5.41 Å². The molecule has 0 fully saturated rings. The lowest BCUT2D eigenvalue weighted by Gasteiger charge is -2.29. The molecule has 0 bridgehead atoms. The first kappa shape index (κ1) is 17.5. The summed E-state index contributed by atoms with van der Waals surface area (Å²) in [5, 5.41) is 3.19. The third-order valence-electron chi connectivity index (χ3n) is 3.12. The van der Waals surface area contributed by atoms with Gasteiger partial charge in [-0.2, -0.15) is 0 Å². The number of Topliss-reactive ketones (excluding diaryl/α,β-unsaturated/α-hetero) is 1. The van der Waals surface area contributed by atoms with Crippen LogP contribution in [0.1, 0.15) is 39.7 Å². The van der Waals surface area contributed by atoms with Gasteiger partial charge in [0.05, 0.1) is 6.04 Å². The Bertz CT molecular complexity index is 508. The van der Waals surface area contributed by atoms with Crippen LogP contribution < -0.4 is 5.32 Å². The van der Waals surface area contributed by atoms with Crippen molar-refractivity contribution in [2.24, 2.45) is 5.41 Å². The van der Waals surface area contributed by atoms with Crippen molar-refractivity contribution in [2.75, 3.05) is 0 Å². The first-order valence-electron chi connectivity index (χ1n) is 6.95. The lowest BCUT2D eigenvalue weighted by molar-refractivity contribution is -0.123. The lowest BCUT2D eigenvalue weighted by Crippen LogP contribution is -2.49. The highest BCUT2D eigenvalue weighted by Crippen LogP contribution is 2.21. The molecule has 1 aromatic rings. The van der Waals surface area contributed by atoms with E-state index in [1.165, 1.54) is 0 Å². The van der Waals surface area contributed by atoms with Gasteiger partial charge in [0.15, 0.2) is 5.78 Å². The number of halogens is 1. The molecule has 0 saturated carbocycles. The average molecular weight is 312 g/mol. The zero-order chi connectivity index (χ0) is 16.0. The number of nitrogens with one attached hydrogen (secondary N) is 1. The Hall–Kier alpha value is -1.55. The molecule has 1 unspecified atom stereocenters. The summed E-state index contributed by atoms with van der Waals surface area (Å²) in [6, 6.07) is 6.58. The second-order valence-electron chi connectivity index (χ2n) is 5.93. The van der Waals surface area contributed by atoms with Crippen molar-refractivity contribution < 1.29 is 14.3 Å². The molecule has 0 aliphatic heterocycles. The summed E-state index contributed by atoms with van der Waals surface area (Å²) in [4.78, 5) is 23.8. The second kappa shape index (κ2) is 7.46. The maximum Gasteiger partial charge on any atom is 0.408 e. The molecule has 0 saturated heterocycles. The molecule has 1 rings (SSSR count). The van der Waals surface area contributed by atoms with Crippen molar-refractivity contribution in [1.82, 2.24) is 5.32 Å². The predicted octanol–water partition coefficient (Wildman–Crippen LogP) is 3.96. The van der Waals surface area contributed by atoms with E-state index in [9.17, 15) is 9.59 Å². The van der Waals surface area contributed by atoms with Gasteiger partial charge in [-0.3, -0.25) is 4.79 Å². The molecule has 1 aromatic carbocycles. The number of alkyl carbamates (subject to hydrolysis) is 1. The van der Waals surface area contributed by atoms with E-state index in [0.717, 1.165) is 5.56 Å². The average Bonchev–Trinajstić information content (AvgIpc) is 2.42. The van der Waals surface area contributed by atoms with Crippen molar-refractivity contribution in [3.8, 4) is 0 Å². The van der Waals surface area contributed by atoms with Crippen molar-refractivity contribution in [3.05, 3.63) is 34.9 Å². The first-order valence-corrected chi connectivity index (χ1v) is 7.33. The molecule has 5 heteroatoms. The van der Waals surface area contributed by atoms with Gasteiger partial charge in [0, 0.05) is 17.0 Å². The minimum absolute atomic E-state index is 0.0165. The van der Waals surface area contributed by atoms with E-state index in [4.69, 9.17) is 16.3 Å². The largest absolute Gasteiger partial charge is 0.445 e. The molecule has 116 valence electrons. The van der Waals surface area contributed by atoms with Crippen LogP contribution in [-0.2, 0) is 16.1 Å². The molecule has 0 heterocycles. The molecule has 0 spiro atoms. The number of amides is 1. The summed E-state index contributed by atoms with van der Waals surface area (Å²) < 4.78 is 5.14. The van der Waals surface area contributed by atoms with Gasteiger partial charge < -0.3 is 10.1 Å². The third-order valence-corrected chi connectivity index (χ3v) is 3.48. The number of hydrogen-bond acceptors (Lipinski definition) is 3. The van der Waals surface area contributed by atoms with Crippen molar-refractivity contribution in [2.45, 2.75) is 46.8 Å². The number of ether oxygens (including phenoxy) is 1. The lowest BCUT2D eigenvalue weighted by atomic mass is 9.83. The minimum Gasteiger partial charge on any atom is -0.445 e. The predicted molar refractivity (Wildman–Crippen MR) is 83.3 cm³/mol. The van der Waals surface area contributed by atoms with Crippen LogP contribution in [0.25, 0.3) is 0 Å². The van der Waals surface area contributed by atoms with Gasteiger partial charge in [-0.15, -0.1) is 0 Å². The van der Waals surface area contributed by atoms with E-state index in [1.54, 1.807) is 25.1 Å². The summed E-state index contributed by atoms with van der Waals surface area (Å²) in [7, 11) is 0. The maximum absolute atomic E-state index is 11.9. The van der Waals surface area contributed by atoms with Crippen LogP contribution in [0.2, 0.25) is 5.02 Å². The van der Waals surface area contributed by atoms with Crippen molar-refractivity contribution in [1.29, 1.82) is 0 Å². The summed E-state index contributed by atoms with van der Waals surface area (Å²) in [6.45, 7) is 7.55. The normalized spacial score (nSPS) is 12.6. The smallest absolute Gasteiger partial charge is 0.408 e. The van der Waals surface area contributed by atoms with Gasteiger partial charge >= 0.3 is 6.09 Å². The summed E-state index contributed by atoms with van der Waals surface area (Å²) in [5.74, 6) is -0.0165. The van der Waals surface area contributed by atoms with Gasteiger partial charge in [0.2, 0.25) is 0 Å². The number of carbonyl (C=O) groups excluding carboxylic acids is 2. The van der Waals surface area contributed by atoms with Gasteiger partial charge in [-0.05, 0) is 11.5 Å². The van der Waals surface area contributed by atoms with Gasteiger partial charge in [0.25, 0.3) is 0 Å². The van der Waals surface area contributed by atoms with Crippen LogP contribution in [0.5, 0.6) is 0 Å². The standard InChI is InChI=1S/C16H22ClNO3/c1-5-13(19)14(16(2,3)4)18-15(20)21-10-11-8-6-7-9-12(11)17/h6-9,14H,5,10H2,1-4H3,(H,18,20). The fourth-order valence-electron chi connectivity index (χ4n) is 1.90. The Kier molecular flexibility index (Phi) is 6.21. The van der Waals surface area contributed by atoms with E-state index >= 15 is 0 Å². The van der Waals surface area contributed by atoms with E-state index in [1.807, 2.05) is 26.8 Å². The Morgan fingerprint density at radius 1 is 1.29 bits per heavy atom. The fraction of sp³-hybridized carbons (Fsp3) is 0.500. The van der Waals surface area contributed by atoms with Crippen LogP contribution >= 0.6 is 11.6 Å². The Morgan fingerprint density at radius 3 is 2.43 bits per heavy atom. The number of benzene rings is 1. The van der Waals surface area contributed by atoms with Crippen molar-refractivity contribution >= 4 is 23.5 Å². The van der Waals surface area contributed by atoms with E-state index in [2.05, 4.69) is 5.32 Å². The highest BCUT2D eigenvalue weighted by Gasteiger charge is 2.31. The van der Waals surface area contributed by atoms with Crippen LogP contribution in [0.4, 0.5) is 4.79 Å².